The number of halogens is 1. The number of nitrogens with one attached hydrogen (secondary N) is 1. The first-order valence-electron chi connectivity index (χ1n) is 11.1. The van der Waals surface area contributed by atoms with Gasteiger partial charge in [-0.1, -0.05) is 35.0 Å². The second kappa shape index (κ2) is 8.94. The monoisotopic (exact) mass is 509 g/mol. The molecule has 1 aliphatic rings. The predicted octanol–water partition coefficient (Wildman–Crippen LogP) is 6.43. The zero-order chi connectivity index (χ0) is 24.9. The van der Waals surface area contributed by atoms with Crippen molar-refractivity contribution in [2.45, 2.75) is 33.4 Å². The normalized spacial score (nSPS) is 15.2. The van der Waals surface area contributed by atoms with Crippen molar-refractivity contribution < 1.29 is 19.2 Å². The molecule has 9 heteroatoms. The Kier molecular flexibility index (Phi) is 5.94. The van der Waals surface area contributed by atoms with E-state index in [4.69, 9.17) is 20.9 Å². The Hall–Kier alpha value is -3.49. The zero-order valence-corrected chi connectivity index (χ0v) is 21.3. The first-order valence-corrected chi connectivity index (χ1v) is 12.3. The number of hydrogen-bond donors (Lipinski definition) is 2. The Labute approximate surface area is 211 Å². The Morgan fingerprint density at radius 3 is 2.77 bits per heavy atom. The number of hydrogen-bond acceptors (Lipinski definition) is 7. The highest BCUT2D eigenvalue weighted by atomic mass is 35.5. The van der Waals surface area contributed by atoms with Crippen molar-refractivity contribution in [3.05, 3.63) is 75.1 Å². The summed E-state index contributed by atoms with van der Waals surface area (Å²) in [7, 11) is 1.50. The van der Waals surface area contributed by atoms with E-state index in [0.717, 1.165) is 25.5 Å². The second-order valence-corrected chi connectivity index (χ2v) is 10.0. The minimum atomic E-state index is -0.329. The molecule has 3 heterocycles. The number of thiophene rings is 1. The number of benzene rings is 2. The van der Waals surface area contributed by atoms with E-state index in [9.17, 15) is 9.90 Å². The highest BCUT2D eigenvalue weighted by Crippen LogP contribution is 2.43. The Morgan fingerprint density at radius 2 is 2.09 bits per heavy atom. The van der Waals surface area contributed by atoms with Crippen LogP contribution >= 0.6 is 22.9 Å². The SMILES string of the molecule is COc1cc2c(cc1O)C(C(=O)Nc1c(C)noc1C)=CN(Cc1sc3ccccc3c1Cl)C2C. The molecule has 35 heavy (non-hydrogen) atoms. The van der Waals surface area contributed by atoms with Crippen LogP contribution < -0.4 is 10.1 Å². The van der Waals surface area contributed by atoms with Gasteiger partial charge in [-0.3, -0.25) is 4.79 Å². The number of aryl methyl sites for hydroxylation is 2. The van der Waals surface area contributed by atoms with Gasteiger partial charge in [-0.25, -0.2) is 0 Å². The molecule has 1 aliphatic heterocycles. The number of aromatic nitrogens is 1. The molecule has 0 saturated heterocycles. The van der Waals surface area contributed by atoms with Gasteiger partial charge in [-0.05, 0) is 50.1 Å². The van der Waals surface area contributed by atoms with Crippen molar-refractivity contribution in [2.24, 2.45) is 0 Å². The van der Waals surface area contributed by atoms with E-state index in [0.29, 0.717) is 40.6 Å². The topological polar surface area (TPSA) is 87.8 Å². The van der Waals surface area contributed by atoms with Gasteiger partial charge in [0.15, 0.2) is 17.3 Å². The molecule has 1 amide bonds. The average Bonchev–Trinajstić information content (AvgIpc) is 3.33. The van der Waals surface area contributed by atoms with Gasteiger partial charge < -0.3 is 24.6 Å². The van der Waals surface area contributed by atoms with Crippen LogP contribution in [0, 0.1) is 13.8 Å². The maximum absolute atomic E-state index is 13.5. The van der Waals surface area contributed by atoms with Crippen LogP contribution in [0.4, 0.5) is 5.69 Å². The summed E-state index contributed by atoms with van der Waals surface area (Å²) in [6.45, 7) is 6.08. The Balaban J connectivity index is 1.58. The summed E-state index contributed by atoms with van der Waals surface area (Å²) in [6, 6.07) is 11.3. The molecule has 0 spiro atoms. The number of amides is 1. The average molecular weight is 510 g/mol. The first-order chi connectivity index (χ1) is 16.8. The molecule has 2 aromatic carbocycles. The summed E-state index contributed by atoms with van der Waals surface area (Å²) in [5, 5.41) is 19.1. The van der Waals surface area contributed by atoms with E-state index in [1.54, 1.807) is 37.3 Å². The van der Waals surface area contributed by atoms with Crippen LogP contribution in [-0.4, -0.2) is 28.2 Å². The number of fused-ring (bicyclic) bond motifs is 2. The van der Waals surface area contributed by atoms with E-state index < -0.39 is 0 Å². The molecule has 5 rings (SSSR count). The van der Waals surface area contributed by atoms with Crippen LogP contribution in [0.1, 0.15) is 40.4 Å². The summed E-state index contributed by atoms with van der Waals surface area (Å²) in [5.41, 5.74) is 3.04. The molecule has 0 fully saturated rings. The molecule has 0 bridgehead atoms. The largest absolute Gasteiger partial charge is 0.504 e. The Bertz CT molecular complexity index is 1470. The number of rotatable bonds is 5. The van der Waals surface area contributed by atoms with Crippen molar-refractivity contribution in [1.29, 1.82) is 0 Å². The summed E-state index contributed by atoms with van der Waals surface area (Å²) < 4.78 is 11.7. The summed E-state index contributed by atoms with van der Waals surface area (Å²) in [5.74, 6) is 0.509. The quantitative estimate of drug-likeness (QED) is 0.322. The summed E-state index contributed by atoms with van der Waals surface area (Å²) in [4.78, 5) is 16.6. The minimum Gasteiger partial charge on any atom is -0.504 e. The fraction of sp³-hybridized carbons (Fsp3) is 0.231. The minimum absolute atomic E-state index is 0.0320. The molecule has 2 aromatic heterocycles. The van der Waals surface area contributed by atoms with Crippen LogP contribution in [0.3, 0.4) is 0 Å². The van der Waals surface area contributed by atoms with Gasteiger partial charge >= 0.3 is 0 Å². The lowest BCUT2D eigenvalue weighted by atomic mass is 9.90. The molecular weight excluding hydrogens is 486 g/mol. The zero-order valence-electron chi connectivity index (χ0n) is 19.7. The Morgan fingerprint density at radius 1 is 1.31 bits per heavy atom. The number of phenolic OH excluding ortho intramolecular Hbond substituents is 1. The number of carbonyl (C=O) groups is 1. The fourth-order valence-corrected chi connectivity index (χ4v) is 5.89. The molecule has 7 nitrogen and oxygen atoms in total. The first kappa shape index (κ1) is 23.3. The summed E-state index contributed by atoms with van der Waals surface area (Å²) >= 11 is 8.37. The van der Waals surface area contributed by atoms with Gasteiger partial charge in [0.1, 0.15) is 11.4 Å². The standard InChI is InChI=1S/C26H24ClN3O4S/c1-13-25(15(3)34-29-13)28-26(32)19-11-30(12-23-24(27)16-7-5-6-8-22(16)35-23)14(2)17-10-21(33-4)20(31)9-18(17)19/h5-11,14,31H,12H2,1-4H3,(H,28,32). The predicted molar refractivity (Wildman–Crippen MR) is 138 cm³/mol. The van der Waals surface area contributed by atoms with E-state index >= 15 is 0 Å². The lowest BCUT2D eigenvalue weighted by Crippen LogP contribution is -2.29. The van der Waals surface area contributed by atoms with Crippen LogP contribution in [0.25, 0.3) is 15.7 Å². The van der Waals surface area contributed by atoms with Crippen LogP contribution in [-0.2, 0) is 11.3 Å². The molecule has 0 aliphatic carbocycles. The number of anilines is 1. The van der Waals surface area contributed by atoms with Crippen molar-refractivity contribution in [3.8, 4) is 11.5 Å². The molecule has 180 valence electrons. The maximum Gasteiger partial charge on any atom is 0.257 e. The lowest BCUT2D eigenvalue weighted by Gasteiger charge is -2.35. The molecular formula is C26H24ClN3O4S. The van der Waals surface area contributed by atoms with Gasteiger partial charge in [-0.15, -0.1) is 11.3 Å². The number of phenols is 1. The van der Waals surface area contributed by atoms with E-state index in [2.05, 4.69) is 28.4 Å². The molecule has 2 N–H and O–H groups in total. The van der Waals surface area contributed by atoms with Gasteiger partial charge in [0.05, 0.1) is 30.3 Å². The molecule has 1 unspecified atom stereocenters. The molecule has 1 atom stereocenters. The van der Waals surface area contributed by atoms with Crippen molar-refractivity contribution in [1.82, 2.24) is 10.1 Å². The van der Waals surface area contributed by atoms with Crippen molar-refractivity contribution in [3.63, 3.8) is 0 Å². The van der Waals surface area contributed by atoms with Crippen LogP contribution in [0.5, 0.6) is 11.5 Å². The maximum atomic E-state index is 13.5. The number of methoxy groups -OCH3 is 1. The van der Waals surface area contributed by atoms with E-state index in [-0.39, 0.29) is 17.7 Å². The van der Waals surface area contributed by atoms with Gasteiger partial charge in [0.25, 0.3) is 5.91 Å². The third-order valence-corrected chi connectivity index (χ3v) is 8.03. The number of carbonyl (C=O) groups excluding carboxylic acids is 1. The van der Waals surface area contributed by atoms with E-state index in [1.807, 2.05) is 24.4 Å². The van der Waals surface area contributed by atoms with E-state index in [1.165, 1.54) is 7.11 Å². The molecule has 0 radical (unpaired) electrons. The third-order valence-electron chi connectivity index (χ3n) is 6.33. The number of aromatic hydroxyl groups is 1. The molecule has 4 aromatic rings. The highest BCUT2D eigenvalue weighted by Gasteiger charge is 2.31. The van der Waals surface area contributed by atoms with Crippen molar-refractivity contribution >= 4 is 50.2 Å². The number of nitrogens with zero attached hydrogens (tertiary/aromatic N) is 2. The molecule has 0 saturated carbocycles. The van der Waals surface area contributed by atoms with Crippen molar-refractivity contribution in [2.75, 3.05) is 12.4 Å². The van der Waals surface area contributed by atoms with Gasteiger partial charge in [0, 0.05) is 21.2 Å². The summed E-state index contributed by atoms with van der Waals surface area (Å²) in [6.07, 6.45) is 1.83. The lowest BCUT2D eigenvalue weighted by molar-refractivity contribution is -0.111. The van der Waals surface area contributed by atoms with Gasteiger partial charge in [0.2, 0.25) is 0 Å². The second-order valence-electron chi connectivity index (χ2n) is 8.49. The smallest absolute Gasteiger partial charge is 0.257 e. The van der Waals surface area contributed by atoms with Gasteiger partial charge in [-0.2, -0.15) is 0 Å². The van der Waals surface area contributed by atoms with Crippen LogP contribution in [0.15, 0.2) is 47.1 Å². The fourth-order valence-electron chi connectivity index (χ4n) is 4.39. The number of ether oxygens (including phenoxy) is 1. The highest BCUT2D eigenvalue weighted by molar-refractivity contribution is 7.19. The van der Waals surface area contributed by atoms with Crippen LogP contribution in [0.2, 0.25) is 5.02 Å². The third kappa shape index (κ3) is 4.02.